The van der Waals surface area contributed by atoms with E-state index < -0.39 is 17.8 Å². The minimum absolute atomic E-state index is 0.0445. The average Bonchev–Trinajstić information content (AvgIpc) is 2.27. The van der Waals surface area contributed by atoms with Gasteiger partial charge in [0, 0.05) is 17.3 Å². The first kappa shape index (κ1) is 14.9. The topological polar surface area (TPSA) is 168 Å². The number of hydrogen-bond donors (Lipinski definition) is 3. The summed E-state index contributed by atoms with van der Waals surface area (Å²) in [5.41, 5.74) is 0.890. The van der Waals surface area contributed by atoms with E-state index in [0.29, 0.717) is 0 Å². The molecule has 13 heteroatoms. The monoisotopic (exact) mass is 294 g/mol. The summed E-state index contributed by atoms with van der Waals surface area (Å²) in [6, 6.07) is 3.95. The molecule has 3 N–H and O–H groups in total. The molecule has 0 unspecified atom stereocenters. The first-order valence-electron chi connectivity index (χ1n) is 4.39. The maximum atomic E-state index is 10.6. The number of rotatable bonds is 6. The lowest BCUT2D eigenvalue weighted by atomic mass is 10.3. The molecule has 0 bridgehead atoms. The number of nitro benzene ring substituents is 1. The zero-order valence-corrected chi connectivity index (χ0v) is 9.84. The van der Waals surface area contributed by atoms with Crippen molar-refractivity contribution in [2.45, 2.75) is 0 Å². The Labute approximate surface area is 104 Å². The molecule has 0 aliphatic heterocycles. The van der Waals surface area contributed by atoms with Crippen LogP contribution in [0.3, 0.4) is 0 Å². The summed E-state index contributed by atoms with van der Waals surface area (Å²) in [4.78, 5) is 37.1. The first-order valence-corrected chi connectivity index (χ1v) is 5.92. The largest absolute Gasteiger partial charge is 0.487 e. The highest BCUT2D eigenvalue weighted by Crippen LogP contribution is 2.34. The van der Waals surface area contributed by atoms with Crippen LogP contribution in [0.4, 0.5) is 11.4 Å². The number of phosphoric acid groups is 1. The molecule has 0 fully saturated rings. The molecule has 0 saturated heterocycles. The van der Waals surface area contributed by atoms with Crippen LogP contribution in [0.25, 0.3) is 0 Å². The molecular weight excluding hydrogens is 287 g/mol. The third-order valence-corrected chi connectivity index (χ3v) is 2.03. The van der Waals surface area contributed by atoms with E-state index in [1.54, 1.807) is 0 Å². The molecule has 0 atom stereocenters. The van der Waals surface area contributed by atoms with E-state index >= 15 is 0 Å². The number of hydrogen-bond acceptors (Lipinski definition) is 7. The van der Waals surface area contributed by atoms with Crippen LogP contribution in [0.1, 0.15) is 0 Å². The fourth-order valence-corrected chi connectivity index (χ4v) is 1.17. The summed E-state index contributed by atoms with van der Waals surface area (Å²) in [5.74, 6) is 0. The maximum Gasteiger partial charge on any atom is 0.487 e. The molecule has 0 radical (unpaired) electrons. The summed E-state index contributed by atoms with van der Waals surface area (Å²) < 4.78 is 14.2. The molecule has 104 valence electrons. The van der Waals surface area contributed by atoms with E-state index in [2.05, 4.69) is 4.62 Å². The van der Waals surface area contributed by atoms with Crippen molar-refractivity contribution >= 4 is 19.2 Å². The summed E-state index contributed by atoms with van der Waals surface area (Å²) in [5, 5.41) is 20.0. The standard InChI is InChI=1S/C6H7N4O8P/c11-9(12)6-3-1-5(2-4-6)8(10(13)14)7-18-19(15,16)17/h1-4,7H,(H2,15,16,17). The lowest BCUT2D eigenvalue weighted by Crippen LogP contribution is -2.42. The van der Waals surface area contributed by atoms with Crippen LogP contribution in [0.5, 0.6) is 0 Å². The Balaban J connectivity index is 2.90. The molecule has 1 aromatic carbocycles. The molecule has 12 nitrogen and oxygen atoms in total. The molecule has 0 aliphatic rings. The lowest BCUT2D eigenvalue weighted by Gasteiger charge is -2.14. The Kier molecular flexibility index (Phi) is 4.47. The normalized spacial score (nSPS) is 11.1. The molecule has 1 aromatic rings. The van der Waals surface area contributed by atoms with Gasteiger partial charge in [-0.15, -0.1) is 0 Å². The molecule has 0 saturated carbocycles. The van der Waals surface area contributed by atoms with Gasteiger partial charge in [-0.2, -0.15) is 4.62 Å². The predicted molar refractivity (Wildman–Crippen MR) is 58.8 cm³/mol. The van der Waals surface area contributed by atoms with Crippen LogP contribution >= 0.6 is 7.82 Å². The van der Waals surface area contributed by atoms with Gasteiger partial charge in [-0.3, -0.25) is 10.1 Å². The van der Waals surface area contributed by atoms with Crippen LogP contribution in [0.15, 0.2) is 24.3 Å². The average molecular weight is 294 g/mol. The van der Waals surface area contributed by atoms with Crippen molar-refractivity contribution in [2.24, 2.45) is 0 Å². The van der Waals surface area contributed by atoms with Crippen molar-refractivity contribution in [3.63, 3.8) is 0 Å². The van der Waals surface area contributed by atoms with Crippen molar-refractivity contribution < 1.29 is 28.9 Å². The van der Waals surface area contributed by atoms with Gasteiger partial charge in [0.2, 0.25) is 0 Å². The van der Waals surface area contributed by atoms with Gasteiger partial charge in [-0.1, -0.05) is 0 Å². The Morgan fingerprint density at radius 3 is 2.11 bits per heavy atom. The fraction of sp³-hybridized carbons (Fsp3) is 0. The minimum atomic E-state index is -4.97. The van der Waals surface area contributed by atoms with Gasteiger partial charge < -0.3 is 9.79 Å². The second-order valence-corrected chi connectivity index (χ2v) is 4.16. The SMILES string of the molecule is O=[N+]([O-])c1ccc(N(NOP(=O)(O)O)[N+](=O)[O-])cc1. The smallest absolute Gasteiger partial charge is 0.302 e. The summed E-state index contributed by atoms with van der Waals surface area (Å²) in [6.45, 7) is 0. The molecule has 0 amide bonds. The van der Waals surface area contributed by atoms with Gasteiger partial charge in [0.15, 0.2) is 5.03 Å². The summed E-state index contributed by atoms with van der Waals surface area (Å²) in [6.07, 6.45) is 0. The predicted octanol–water partition coefficient (Wildman–Crippen LogP) is 0.122. The Bertz CT molecular complexity index is 527. The molecule has 1 rings (SSSR count). The van der Waals surface area contributed by atoms with E-state index in [-0.39, 0.29) is 16.5 Å². The highest BCUT2D eigenvalue weighted by molar-refractivity contribution is 7.46. The van der Waals surface area contributed by atoms with Crippen LogP contribution < -0.4 is 10.7 Å². The third kappa shape index (κ3) is 4.57. The molecule has 0 heterocycles. The zero-order chi connectivity index (χ0) is 14.6. The van der Waals surface area contributed by atoms with Gasteiger partial charge in [0.25, 0.3) is 5.69 Å². The van der Waals surface area contributed by atoms with Crippen LogP contribution in [-0.2, 0) is 9.19 Å². The van der Waals surface area contributed by atoms with Gasteiger partial charge in [0.1, 0.15) is 5.69 Å². The van der Waals surface area contributed by atoms with E-state index in [4.69, 9.17) is 9.79 Å². The molecular formula is C6H7N4O8P. The van der Waals surface area contributed by atoms with Crippen LogP contribution in [0.2, 0.25) is 0 Å². The number of nitrogens with zero attached hydrogens (tertiary/aromatic N) is 3. The van der Waals surface area contributed by atoms with Crippen molar-refractivity contribution in [1.29, 1.82) is 0 Å². The number of benzene rings is 1. The van der Waals surface area contributed by atoms with E-state index in [1.165, 1.54) is 5.59 Å². The maximum absolute atomic E-state index is 10.6. The third-order valence-electron chi connectivity index (χ3n) is 1.71. The second-order valence-electron chi connectivity index (χ2n) is 3.00. The van der Waals surface area contributed by atoms with Crippen molar-refractivity contribution in [2.75, 3.05) is 5.12 Å². The zero-order valence-electron chi connectivity index (χ0n) is 8.94. The van der Waals surface area contributed by atoms with E-state index in [9.17, 15) is 24.8 Å². The number of non-ortho nitro benzene ring substituents is 1. The summed E-state index contributed by atoms with van der Waals surface area (Å²) >= 11 is 0. The Morgan fingerprint density at radius 2 is 1.74 bits per heavy atom. The number of nitro groups is 2. The quantitative estimate of drug-likeness (QED) is 0.372. The Hall–Kier alpha value is -2.11. The van der Waals surface area contributed by atoms with Crippen molar-refractivity contribution in [1.82, 2.24) is 5.59 Å². The number of anilines is 1. The van der Waals surface area contributed by atoms with E-state index in [1.807, 2.05) is 0 Å². The summed E-state index contributed by atoms with van der Waals surface area (Å²) in [7, 11) is -4.97. The van der Waals surface area contributed by atoms with Gasteiger partial charge in [0.05, 0.1) is 4.92 Å². The van der Waals surface area contributed by atoms with Crippen molar-refractivity contribution in [3.05, 3.63) is 44.5 Å². The van der Waals surface area contributed by atoms with Gasteiger partial charge in [-0.05, 0) is 17.7 Å². The number of hydrazine groups is 2. The minimum Gasteiger partial charge on any atom is -0.302 e. The Morgan fingerprint density at radius 1 is 1.21 bits per heavy atom. The molecule has 0 aromatic heterocycles. The molecule has 0 spiro atoms. The highest BCUT2D eigenvalue weighted by atomic mass is 31.2. The fourth-order valence-electron chi connectivity index (χ4n) is 0.988. The first-order chi connectivity index (χ1) is 8.70. The number of nitrogens with one attached hydrogen (secondary N) is 1. The van der Waals surface area contributed by atoms with Crippen molar-refractivity contribution in [3.8, 4) is 0 Å². The van der Waals surface area contributed by atoms with Crippen LogP contribution in [0, 0.1) is 20.2 Å². The second kappa shape index (κ2) is 5.69. The van der Waals surface area contributed by atoms with E-state index in [0.717, 1.165) is 24.3 Å². The van der Waals surface area contributed by atoms with Crippen LogP contribution in [-0.4, -0.2) is 19.7 Å². The van der Waals surface area contributed by atoms with Gasteiger partial charge in [-0.25, -0.2) is 14.7 Å². The lowest BCUT2D eigenvalue weighted by molar-refractivity contribution is -0.512. The highest BCUT2D eigenvalue weighted by Gasteiger charge is 2.24. The molecule has 19 heavy (non-hydrogen) atoms. The van der Waals surface area contributed by atoms with Gasteiger partial charge >= 0.3 is 7.82 Å². The molecule has 0 aliphatic carbocycles.